The number of anilines is 1. The summed E-state index contributed by atoms with van der Waals surface area (Å²) < 4.78 is 4.80. The van der Waals surface area contributed by atoms with Crippen LogP contribution in [0.2, 0.25) is 0 Å². The van der Waals surface area contributed by atoms with Crippen LogP contribution in [-0.4, -0.2) is 37.5 Å². The van der Waals surface area contributed by atoms with E-state index in [0.29, 0.717) is 11.3 Å². The van der Waals surface area contributed by atoms with Crippen molar-refractivity contribution < 1.29 is 14.3 Å². The Bertz CT molecular complexity index is 501. The smallest absolute Gasteiger partial charge is 0.338 e. The minimum Gasteiger partial charge on any atom is -0.465 e. The highest BCUT2D eigenvalue weighted by atomic mass is 32.2. The van der Waals surface area contributed by atoms with E-state index in [1.807, 2.05) is 12.3 Å². The van der Waals surface area contributed by atoms with Crippen molar-refractivity contribution in [1.29, 1.82) is 0 Å². The van der Waals surface area contributed by atoms with Crippen molar-refractivity contribution in [3.05, 3.63) is 29.3 Å². The number of amides is 1. The van der Waals surface area contributed by atoms with Crippen LogP contribution in [0.15, 0.2) is 18.2 Å². The van der Waals surface area contributed by atoms with Gasteiger partial charge in [0.05, 0.1) is 18.4 Å². The molecule has 19 heavy (non-hydrogen) atoms. The highest BCUT2D eigenvalue weighted by Crippen LogP contribution is 2.30. The van der Waals surface area contributed by atoms with Gasteiger partial charge in [0.15, 0.2) is 0 Å². The summed E-state index contributed by atoms with van der Waals surface area (Å²) in [4.78, 5) is 25.6. The van der Waals surface area contributed by atoms with Gasteiger partial charge in [0, 0.05) is 12.2 Å². The lowest BCUT2D eigenvalue weighted by Gasteiger charge is -2.30. The molecule has 0 aliphatic carbocycles. The number of methoxy groups -OCH3 is 1. The minimum atomic E-state index is -0.337. The van der Waals surface area contributed by atoms with Gasteiger partial charge < -0.3 is 9.64 Å². The molecule has 0 spiro atoms. The molecule has 0 saturated heterocycles. The first kappa shape index (κ1) is 13.9. The molecule has 1 aliphatic heterocycles. The molecule has 1 aliphatic rings. The van der Waals surface area contributed by atoms with Crippen LogP contribution in [-0.2, 0) is 16.0 Å². The molecule has 0 atom stereocenters. The fourth-order valence-corrected chi connectivity index (χ4v) is 2.79. The standard InChI is InChI=1S/C14H17NO3S/c1-18-14(17)11-5-3-7-12-10(11)6-4-8-15(12)13(16)9-19-2/h3,5,7H,4,6,8-9H2,1-2H3. The van der Waals surface area contributed by atoms with Gasteiger partial charge in [0.25, 0.3) is 0 Å². The van der Waals surface area contributed by atoms with Crippen LogP contribution in [0.4, 0.5) is 5.69 Å². The predicted molar refractivity (Wildman–Crippen MR) is 76.8 cm³/mol. The van der Waals surface area contributed by atoms with Crippen molar-refractivity contribution in [3.8, 4) is 0 Å². The monoisotopic (exact) mass is 279 g/mol. The first-order valence-electron chi connectivity index (χ1n) is 6.18. The van der Waals surface area contributed by atoms with Crippen LogP contribution in [0, 0.1) is 0 Å². The van der Waals surface area contributed by atoms with Gasteiger partial charge in [-0.15, -0.1) is 0 Å². The maximum absolute atomic E-state index is 12.1. The highest BCUT2D eigenvalue weighted by molar-refractivity contribution is 7.99. The molecule has 0 saturated carbocycles. The van der Waals surface area contributed by atoms with Crippen LogP contribution in [0.25, 0.3) is 0 Å². The molecule has 0 N–H and O–H groups in total. The molecule has 1 aromatic carbocycles. The Balaban J connectivity index is 2.40. The Morgan fingerprint density at radius 1 is 1.42 bits per heavy atom. The van der Waals surface area contributed by atoms with Crippen molar-refractivity contribution in [2.24, 2.45) is 0 Å². The van der Waals surface area contributed by atoms with Crippen LogP contribution < -0.4 is 4.90 Å². The molecule has 4 nitrogen and oxygen atoms in total. The summed E-state index contributed by atoms with van der Waals surface area (Å²) in [5.41, 5.74) is 2.35. The Labute approximate surface area is 117 Å². The molecule has 1 heterocycles. The lowest BCUT2D eigenvalue weighted by Crippen LogP contribution is -2.37. The van der Waals surface area contributed by atoms with Crippen LogP contribution in [0.1, 0.15) is 22.3 Å². The molecule has 0 unspecified atom stereocenters. The number of hydrogen-bond donors (Lipinski definition) is 0. The maximum Gasteiger partial charge on any atom is 0.338 e. The van der Waals surface area contributed by atoms with E-state index in [-0.39, 0.29) is 11.9 Å². The predicted octanol–water partition coefficient (Wildman–Crippen LogP) is 2.12. The first-order chi connectivity index (χ1) is 9.19. The van der Waals surface area contributed by atoms with E-state index in [1.54, 1.807) is 17.0 Å². The fraction of sp³-hybridized carbons (Fsp3) is 0.429. The minimum absolute atomic E-state index is 0.0930. The quantitative estimate of drug-likeness (QED) is 0.795. The largest absolute Gasteiger partial charge is 0.465 e. The van der Waals surface area contributed by atoms with Gasteiger partial charge in [0.1, 0.15) is 0 Å². The lowest BCUT2D eigenvalue weighted by molar-refractivity contribution is -0.116. The molecular weight excluding hydrogens is 262 g/mol. The normalized spacial score (nSPS) is 13.9. The van der Waals surface area contributed by atoms with Gasteiger partial charge in [-0.2, -0.15) is 11.8 Å². The molecule has 5 heteroatoms. The van der Waals surface area contributed by atoms with E-state index < -0.39 is 0 Å². The summed E-state index contributed by atoms with van der Waals surface area (Å²) in [7, 11) is 1.38. The van der Waals surface area contributed by atoms with Gasteiger partial charge in [0.2, 0.25) is 5.91 Å². The van der Waals surface area contributed by atoms with Gasteiger partial charge in [-0.1, -0.05) is 6.07 Å². The van der Waals surface area contributed by atoms with E-state index in [4.69, 9.17) is 4.74 Å². The third-order valence-corrected chi connectivity index (χ3v) is 3.76. The van der Waals surface area contributed by atoms with Gasteiger partial charge in [-0.05, 0) is 36.8 Å². The zero-order valence-corrected chi connectivity index (χ0v) is 12.0. The number of fused-ring (bicyclic) bond motifs is 1. The number of esters is 1. The number of benzene rings is 1. The molecule has 0 bridgehead atoms. The number of hydrogen-bond acceptors (Lipinski definition) is 4. The number of rotatable bonds is 3. The van der Waals surface area contributed by atoms with Crippen molar-refractivity contribution in [2.75, 3.05) is 30.6 Å². The number of carbonyl (C=O) groups excluding carboxylic acids is 2. The second-order valence-electron chi connectivity index (χ2n) is 4.38. The van der Waals surface area contributed by atoms with Crippen LogP contribution >= 0.6 is 11.8 Å². The molecular formula is C14H17NO3S. The fourth-order valence-electron chi connectivity index (χ4n) is 2.39. The first-order valence-corrected chi connectivity index (χ1v) is 7.58. The second-order valence-corrected chi connectivity index (χ2v) is 5.24. The molecule has 2 rings (SSSR count). The number of thioether (sulfide) groups is 1. The van der Waals surface area contributed by atoms with E-state index in [0.717, 1.165) is 30.6 Å². The topological polar surface area (TPSA) is 46.6 Å². The molecule has 0 aromatic heterocycles. The van der Waals surface area contributed by atoms with Gasteiger partial charge in [-0.3, -0.25) is 4.79 Å². The second kappa shape index (κ2) is 6.10. The Morgan fingerprint density at radius 2 is 2.21 bits per heavy atom. The maximum atomic E-state index is 12.1. The Kier molecular flexibility index (Phi) is 4.47. The summed E-state index contributed by atoms with van der Waals surface area (Å²) >= 11 is 1.51. The van der Waals surface area contributed by atoms with Crippen LogP contribution in [0.5, 0.6) is 0 Å². The molecule has 0 radical (unpaired) electrons. The van der Waals surface area contributed by atoms with Crippen molar-refractivity contribution in [3.63, 3.8) is 0 Å². The Hall–Kier alpha value is -1.49. The third-order valence-electron chi connectivity index (χ3n) is 3.22. The molecule has 102 valence electrons. The zero-order chi connectivity index (χ0) is 13.8. The summed E-state index contributed by atoms with van der Waals surface area (Å²) in [6.45, 7) is 0.719. The van der Waals surface area contributed by atoms with E-state index in [9.17, 15) is 9.59 Å². The average molecular weight is 279 g/mol. The van der Waals surface area contributed by atoms with Crippen LogP contribution in [0.3, 0.4) is 0 Å². The summed E-state index contributed by atoms with van der Waals surface area (Å²) in [5, 5.41) is 0. The number of carbonyl (C=O) groups is 2. The van der Waals surface area contributed by atoms with E-state index >= 15 is 0 Å². The van der Waals surface area contributed by atoms with Gasteiger partial charge in [-0.25, -0.2) is 4.79 Å². The van der Waals surface area contributed by atoms with Gasteiger partial charge >= 0.3 is 5.97 Å². The average Bonchev–Trinajstić information content (AvgIpc) is 2.45. The summed E-state index contributed by atoms with van der Waals surface area (Å²) in [5.74, 6) is 0.216. The van der Waals surface area contributed by atoms with E-state index in [1.165, 1.54) is 18.9 Å². The van der Waals surface area contributed by atoms with Crippen molar-refractivity contribution in [2.45, 2.75) is 12.8 Å². The molecule has 1 amide bonds. The van der Waals surface area contributed by atoms with Crippen molar-refractivity contribution in [1.82, 2.24) is 0 Å². The zero-order valence-electron chi connectivity index (χ0n) is 11.1. The summed E-state index contributed by atoms with van der Waals surface area (Å²) in [6, 6.07) is 5.46. The lowest BCUT2D eigenvalue weighted by atomic mass is 9.96. The summed E-state index contributed by atoms with van der Waals surface area (Å²) in [6.07, 6.45) is 3.60. The van der Waals surface area contributed by atoms with E-state index in [2.05, 4.69) is 0 Å². The van der Waals surface area contributed by atoms with Crippen molar-refractivity contribution >= 4 is 29.3 Å². The highest BCUT2D eigenvalue weighted by Gasteiger charge is 2.25. The third kappa shape index (κ3) is 2.76. The molecule has 1 aromatic rings. The molecule has 0 fully saturated rings. The number of nitrogens with zero attached hydrogens (tertiary/aromatic N) is 1. The number of ether oxygens (including phenoxy) is 1. The SMILES string of the molecule is COC(=O)c1cccc2c1CCCN2C(=O)CSC. The Morgan fingerprint density at radius 3 is 2.89 bits per heavy atom.